The van der Waals surface area contributed by atoms with Crippen LogP contribution in [0.15, 0.2) is 0 Å². The fraction of sp³-hybridized carbons (Fsp3) is 0.933. The van der Waals surface area contributed by atoms with E-state index in [0.29, 0.717) is 0 Å². The van der Waals surface area contributed by atoms with Crippen molar-refractivity contribution in [3.63, 3.8) is 0 Å². The molecule has 0 aromatic rings. The van der Waals surface area contributed by atoms with E-state index in [9.17, 15) is 18.0 Å². The highest BCUT2D eigenvalue weighted by Gasteiger charge is 2.42. The molecule has 0 unspecified atom stereocenters. The van der Waals surface area contributed by atoms with Gasteiger partial charge in [0.1, 0.15) is 5.60 Å². The summed E-state index contributed by atoms with van der Waals surface area (Å²) in [5.74, 6) is -2.15. The summed E-state index contributed by atoms with van der Waals surface area (Å²) in [6.07, 6.45) is -4.90. The molecule has 0 aliphatic heterocycles. The predicted octanol–water partition coefficient (Wildman–Crippen LogP) is 5.33. The highest BCUT2D eigenvalue weighted by Crippen LogP contribution is 2.29. The van der Waals surface area contributed by atoms with Gasteiger partial charge >= 0.3 is 12.1 Å². The van der Waals surface area contributed by atoms with Crippen LogP contribution < -0.4 is 0 Å². The third-order valence-electron chi connectivity index (χ3n) is 2.94. The molecule has 21 heavy (non-hydrogen) atoms. The lowest BCUT2D eigenvalue weighted by atomic mass is 10.2. The first kappa shape index (κ1) is 22.8. The fourth-order valence-electron chi connectivity index (χ4n) is 2.65. The Kier molecular flexibility index (Phi) is 9.54. The topological polar surface area (TPSA) is 26.3 Å². The van der Waals surface area contributed by atoms with Crippen LogP contribution in [0, 0.1) is 0 Å². The zero-order valence-electron chi connectivity index (χ0n) is 14.8. The third kappa shape index (κ3) is 11.8. The lowest BCUT2D eigenvalue weighted by Gasteiger charge is -2.26. The van der Waals surface area contributed by atoms with E-state index < -0.39 is 26.5 Å². The van der Waals surface area contributed by atoms with Gasteiger partial charge in [-0.1, -0.05) is 58.2 Å². The molecule has 128 valence electrons. The van der Waals surface area contributed by atoms with Gasteiger partial charge in [0.15, 0.2) is 0 Å². The molecule has 0 atom stereocenters. The van der Waals surface area contributed by atoms with Crippen molar-refractivity contribution in [1.29, 1.82) is 0 Å². The molecular weight excluding hydrogens is 297 g/mol. The van der Waals surface area contributed by atoms with Gasteiger partial charge in [0, 0.05) is 8.80 Å². The van der Waals surface area contributed by atoms with Crippen LogP contribution in [-0.4, -0.2) is 26.5 Å². The SMILES string of the molecule is CC(C)(C)OC(=O)C(F)(F)F.CC(C)[SiH](C(C)C)C(C)C. The number of rotatable bonds is 3. The van der Waals surface area contributed by atoms with Crippen molar-refractivity contribution in [1.82, 2.24) is 0 Å². The molecule has 0 heterocycles. The summed E-state index contributed by atoms with van der Waals surface area (Å²) in [7, 11) is -0.454. The average molecular weight is 328 g/mol. The summed E-state index contributed by atoms with van der Waals surface area (Å²) in [4.78, 5) is 10.1. The minimum atomic E-state index is -4.90. The minimum Gasteiger partial charge on any atom is -0.453 e. The summed E-state index contributed by atoms with van der Waals surface area (Å²) in [5.41, 5.74) is 1.83. The molecule has 0 aliphatic carbocycles. The molecule has 0 aromatic heterocycles. The van der Waals surface area contributed by atoms with Gasteiger partial charge in [-0.05, 0) is 20.8 Å². The Morgan fingerprint density at radius 2 is 1.14 bits per heavy atom. The lowest BCUT2D eigenvalue weighted by molar-refractivity contribution is -0.210. The largest absolute Gasteiger partial charge is 0.490 e. The van der Waals surface area contributed by atoms with E-state index in [2.05, 4.69) is 46.3 Å². The number of hydrogen-bond acceptors (Lipinski definition) is 2. The van der Waals surface area contributed by atoms with E-state index in [4.69, 9.17) is 0 Å². The molecule has 0 fully saturated rings. The lowest BCUT2D eigenvalue weighted by Crippen LogP contribution is -2.33. The van der Waals surface area contributed by atoms with Crippen LogP contribution >= 0.6 is 0 Å². The molecular formula is C15H31F3O2Si. The molecule has 0 spiro atoms. The van der Waals surface area contributed by atoms with Crippen LogP contribution in [0.3, 0.4) is 0 Å². The Balaban J connectivity index is 0. The van der Waals surface area contributed by atoms with Crippen molar-refractivity contribution in [2.75, 3.05) is 0 Å². The number of ether oxygens (including phenoxy) is 1. The maximum atomic E-state index is 11.5. The molecule has 6 heteroatoms. The van der Waals surface area contributed by atoms with Crippen LogP contribution in [0.4, 0.5) is 13.2 Å². The molecule has 0 radical (unpaired) electrons. The zero-order chi connectivity index (χ0) is 17.6. The van der Waals surface area contributed by atoms with E-state index in [1.54, 1.807) is 0 Å². The number of esters is 1. The molecule has 2 nitrogen and oxygen atoms in total. The first-order valence-corrected chi connectivity index (χ1v) is 9.39. The number of alkyl halides is 3. The number of hydrogen-bond donors (Lipinski definition) is 0. The third-order valence-corrected chi connectivity index (χ3v) is 7.56. The fourth-order valence-corrected chi connectivity index (χ4v) is 7.26. The predicted molar refractivity (Wildman–Crippen MR) is 84.3 cm³/mol. The molecule has 0 amide bonds. The van der Waals surface area contributed by atoms with Crippen LogP contribution in [0.5, 0.6) is 0 Å². The molecule has 0 N–H and O–H groups in total. The van der Waals surface area contributed by atoms with Gasteiger partial charge in [-0.25, -0.2) is 4.79 Å². The second-order valence-corrected chi connectivity index (χ2v) is 12.5. The molecule has 0 saturated heterocycles. The Labute approximate surface area is 129 Å². The highest BCUT2D eigenvalue weighted by molar-refractivity contribution is 6.63. The van der Waals surface area contributed by atoms with Crippen molar-refractivity contribution in [3.8, 4) is 0 Å². The van der Waals surface area contributed by atoms with E-state index in [1.165, 1.54) is 20.8 Å². The Morgan fingerprint density at radius 1 is 0.857 bits per heavy atom. The van der Waals surface area contributed by atoms with Crippen LogP contribution in [-0.2, 0) is 9.53 Å². The van der Waals surface area contributed by atoms with Crippen molar-refractivity contribution < 1.29 is 22.7 Å². The second kappa shape index (κ2) is 8.81. The van der Waals surface area contributed by atoms with E-state index in [1.807, 2.05) is 0 Å². The Morgan fingerprint density at radius 3 is 1.19 bits per heavy atom. The normalized spacial score (nSPS) is 12.8. The first-order valence-electron chi connectivity index (χ1n) is 7.39. The van der Waals surface area contributed by atoms with Gasteiger partial charge in [-0.3, -0.25) is 0 Å². The summed E-state index contributed by atoms with van der Waals surface area (Å²) < 4.78 is 38.6. The number of carbonyl (C=O) groups excluding carboxylic acids is 1. The Hall–Kier alpha value is -0.523. The minimum absolute atomic E-state index is 0.454. The molecule has 0 saturated carbocycles. The van der Waals surface area contributed by atoms with Crippen molar-refractivity contribution >= 4 is 14.8 Å². The monoisotopic (exact) mass is 328 g/mol. The smallest absolute Gasteiger partial charge is 0.453 e. The summed E-state index contributed by atoms with van der Waals surface area (Å²) in [6, 6.07) is 0. The maximum absolute atomic E-state index is 11.5. The molecule has 0 aromatic carbocycles. The number of carbonyl (C=O) groups is 1. The van der Waals surface area contributed by atoms with Crippen molar-refractivity contribution in [3.05, 3.63) is 0 Å². The van der Waals surface area contributed by atoms with E-state index >= 15 is 0 Å². The van der Waals surface area contributed by atoms with Gasteiger partial charge in [-0.15, -0.1) is 0 Å². The summed E-state index contributed by atoms with van der Waals surface area (Å²) in [5, 5.41) is 0. The van der Waals surface area contributed by atoms with Crippen molar-refractivity contribution in [2.45, 2.75) is 90.7 Å². The van der Waals surface area contributed by atoms with Crippen LogP contribution in [0.2, 0.25) is 16.6 Å². The maximum Gasteiger partial charge on any atom is 0.490 e. The average Bonchev–Trinajstić information content (AvgIpc) is 2.11. The standard InChI is InChI=1S/C9H22Si.C6H9F3O2/c1-7(2)10(8(3)4)9(5)6;1-5(2,3)11-4(10)6(7,8)9/h7-10H,1-6H3;1-3H3. The van der Waals surface area contributed by atoms with Crippen LogP contribution in [0.1, 0.15) is 62.3 Å². The van der Waals surface area contributed by atoms with E-state index in [-0.39, 0.29) is 0 Å². The molecule has 0 rings (SSSR count). The first-order chi connectivity index (χ1) is 9.09. The van der Waals surface area contributed by atoms with Crippen molar-refractivity contribution in [2.24, 2.45) is 0 Å². The highest BCUT2D eigenvalue weighted by atomic mass is 28.3. The second-order valence-electron chi connectivity index (χ2n) is 7.31. The molecule has 0 aliphatic rings. The van der Waals surface area contributed by atoms with Gasteiger partial charge in [0.05, 0.1) is 0 Å². The van der Waals surface area contributed by atoms with Crippen LogP contribution in [0.25, 0.3) is 0 Å². The molecule has 0 bridgehead atoms. The van der Waals surface area contributed by atoms with E-state index in [0.717, 1.165) is 16.6 Å². The summed E-state index contributed by atoms with van der Waals surface area (Å²) in [6.45, 7) is 18.4. The zero-order valence-corrected chi connectivity index (χ0v) is 15.9. The Bertz CT molecular complexity index is 286. The van der Waals surface area contributed by atoms with Gasteiger partial charge in [0.25, 0.3) is 0 Å². The summed E-state index contributed by atoms with van der Waals surface area (Å²) >= 11 is 0. The number of halogens is 3. The van der Waals surface area contributed by atoms with Gasteiger partial charge < -0.3 is 4.74 Å². The quantitative estimate of drug-likeness (QED) is 0.517. The van der Waals surface area contributed by atoms with Gasteiger partial charge in [0.2, 0.25) is 0 Å². The van der Waals surface area contributed by atoms with Gasteiger partial charge in [-0.2, -0.15) is 13.2 Å².